The second-order valence-corrected chi connectivity index (χ2v) is 21.2. The molecule has 0 heterocycles. The van der Waals surface area contributed by atoms with E-state index in [1.165, 1.54) is 0 Å². The highest BCUT2D eigenvalue weighted by Gasteiger charge is 2.44. The molecule has 0 saturated carbocycles. The van der Waals surface area contributed by atoms with Gasteiger partial charge < -0.3 is 4.74 Å². The van der Waals surface area contributed by atoms with Crippen molar-refractivity contribution < 1.29 is 4.74 Å². The molecule has 0 aliphatic heterocycles. The van der Waals surface area contributed by atoms with Crippen LogP contribution in [0.2, 0.25) is 39.3 Å². The van der Waals surface area contributed by atoms with Crippen molar-refractivity contribution in [1.29, 1.82) is 0 Å². The molecule has 0 aromatic rings. The van der Waals surface area contributed by atoms with Crippen molar-refractivity contribution in [3.05, 3.63) is 17.3 Å². The van der Waals surface area contributed by atoms with Gasteiger partial charge in [0.25, 0.3) is 0 Å². The van der Waals surface area contributed by atoms with Crippen LogP contribution in [0.3, 0.4) is 0 Å². The van der Waals surface area contributed by atoms with Crippen LogP contribution >= 0.6 is 18.5 Å². The van der Waals surface area contributed by atoms with Gasteiger partial charge >= 0.3 is 0 Å². The van der Waals surface area contributed by atoms with E-state index in [0.29, 0.717) is 4.91 Å². The molecule has 0 rings (SSSR count). The molecule has 17 heavy (non-hydrogen) atoms. The molecule has 0 amide bonds. The maximum Gasteiger partial charge on any atom is 0.175 e. The third-order valence-electron chi connectivity index (χ3n) is 2.52. The molecule has 0 N–H and O–H groups in total. The molecule has 0 spiro atoms. The standard InChI is InChI=1S/C12H26ClOPSi2/c1-9-10-11(14-2)15(13)12(16(3,4)5)17(6,7)8/h9,12H,1-8H3. The zero-order chi connectivity index (χ0) is 13.9. The number of halogens is 1. The zero-order valence-corrected chi connectivity index (χ0v) is 16.0. The predicted octanol–water partition coefficient (Wildman–Crippen LogP) is 5.41. The highest BCUT2D eigenvalue weighted by molar-refractivity contribution is 7.91. The molecule has 0 aliphatic rings. The molecule has 0 saturated heterocycles. The van der Waals surface area contributed by atoms with Gasteiger partial charge in [-0.3, -0.25) is 0 Å². The summed E-state index contributed by atoms with van der Waals surface area (Å²) >= 11 is 6.75. The Bertz CT molecular complexity index is 297. The SMILES string of the molecule is CC=C=C(OC)P(Cl)C([Si](C)(C)C)[Si](C)(C)C. The van der Waals surface area contributed by atoms with E-state index in [1.807, 2.05) is 13.0 Å². The maximum absolute atomic E-state index is 6.75. The number of rotatable bonds is 5. The summed E-state index contributed by atoms with van der Waals surface area (Å²) < 4.78 is 5.44. The van der Waals surface area contributed by atoms with Gasteiger partial charge in [-0.15, -0.1) is 0 Å². The quantitative estimate of drug-likeness (QED) is 0.286. The van der Waals surface area contributed by atoms with E-state index in [1.54, 1.807) is 7.11 Å². The van der Waals surface area contributed by atoms with Gasteiger partial charge in [-0.25, -0.2) is 0 Å². The van der Waals surface area contributed by atoms with Gasteiger partial charge in [0.15, 0.2) is 5.50 Å². The monoisotopic (exact) mass is 308 g/mol. The lowest BCUT2D eigenvalue weighted by Gasteiger charge is -2.40. The summed E-state index contributed by atoms with van der Waals surface area (Å²) in [5.41, 5.74) is 4.03. The molecule has 1 unspecified atom stereocenters. The Morgan fingerprint density at radius 2 is 1.59 bits per heavy atom. The number of allylic oxidation sites excluding steroid dienone is 1. The topological polar surface area (TPSA) is 9.23 Å². The zero-order valence-electron chi connectivity index (χ0n) is 12.4. The van der Waals surface area contributed by atoms with Crippen molar-refractivity contribution >= 4 is 34.7 Å². The Labute approximate surface area is 115 Å². The Morgan fingerprint density at radius 1 is 1.18 bits per heavy atom. The molecule has 0 aromatic carbocycles. The summed E-state index contributed by atoms with van der Waals surface area (Å²) in [6, 6.07) is 0. The number of hydrogen-bond acceptors (Lipinski definition) is 1. The summed E-state index contributed by atoms with van der Waals surface area (Å²) in [7, 11) is -1.62. The van der Waals surface area contributed by atoms with Crippen molar-refractivity contribution in [2.45, 2.75) is 51.1 Å². The van der Waals surface area contributed by atoms with Crippen LogP contribution in [0.5, 0.6) is 0 Å². The largest absolute Gasteiger partial charge is 0.488 e. The van der Waals surface area contributed by atoms with E-state index in [0.717, 1.165) is 5.50 Å². The summed E-state index contributed by atoms with van der Waals surface area (Å²) in [5.74, 6) is 0. The highest BCUT2D eigenvalue weighted by Crippen LogP contribution is 2.59. The normalized spacial score (nSPS) is 14.2. The van der Waals surface area contributed by atoms with Crippen LogP contribution in [-0.2, 0) is 4.74 Å². The van der Waals surface area contributed by atoms with Gasteiger partial charge in [0.1, 0.15) is 0 Å². The van der Waals surface area contributed by atoms with Crippen LogP contribution in [0.1, 0.15) is 6.92 Å². The summed E-state index contributed by atoms with van der Waals surface area (Å²) in [5, 5.41) is 0. The van der Waals surface area contributed by atoms with Gasteiger partial charge in [-0.2, -0.15) is 0 Å². The average Bonchev–Trinajstić information content (AvgIpc) is 2.08. The lowest BCUT2D eigenvalue weighted by Crippen LogP contribution is -2.52. The van der Waals surface area contributed by atoms with Crippen molar-refractivity contribution in [1.82, 2.24) is 0 Å². The summed E-state index contributed by atoms with van der Waals surface area (Å²) in [6.07, 6.45) is 1.89. The number of methoxy groups -OCH3 is 1. The predicted molar refractivity (Wildman–Crippen MR) is 87.5 cm³/mol. The van der Waals surface area contributed by atoms with E-state index in [9.17, 15) is 0 Å². The fraction of sp³-hybridized carbons (Fsp3) is 0.750. The first-order valence-corrected chi connectivity index (χ1v) is 15.4. The first kappa shape index (κ1) is 17.5. The minimum absolute atomic E-state index is 0.647. The Balaban J connectivity index is 5.44. The fourth-order valence-corrected chi connectivity index (χ4v) is 25.2. The lowest BCUT2D eigenvalue weighted by atomic mass is 10.7. The first-order valence-electron chi connectivity index (χ1n) is 5.96. The van der Waals surface area contributed by atoms with Crippen LogP contribution in [0.15, 0.2) is 17.3 Å². The van der Waals surface area contributed by atoms with Crippen LogP contribution < -0.4 is 0 Å². The van der Waals surface area contributed by atoms with Crippen LogP contribution in [0.25, 0.3) is 0 Å². The van der Waals surface area contributed by atoms with E-state index >= 15 is 0 Å². The van der Waals surface area contributed by atoms with Crippen LogP contribution in [-0.4, -0.2) is 28.2 Å². The molecular formula is C12H26ClOPSi2. The smallest absolute Gasteiger partial charge is 0.175 e. The van der Waals surface area contributed by atoms with Crippen LogP contribution in [0, 0.1) is 0 Å². The van der Waals surface area contributed by atoms with Crippen LogP contribution in [0.4, 0.5) is 0 Å². The van der Waals surface area contributed by atoms with Crippen molar-refractivity contribution in [3.8, 4) is 0 Å². The molecule has 0 bridgehead atoms. The maximum atomic E-state index is 6.75. The van der Waals surface area contributed by atoms with Crippen molar-refractivity contribution in [3.63, 3.8) is 0 Å². The Morgan fingerprint density at radius 3 is 1.82 bits per heavy atom. The molecule has 5 heteroatoms. The molecule has 1 nitrogen and oxygen atoms in total. The second-order valence-electron chi connectivity index (χ2n) is 6.39. The van der Waals surface area contributed by atoms with E-state index in [4.69, 9.17) is 16.0 Å². The number of hydrogen-bond donors (Lipinski definition) is 0. The Hall–Kier alpha value is 0.474. The highest BCUT2D eigenvalue weighted by atomic mass is 35.7. The first-order chi connectivity index (χ1) is 7.55. The molecule has 0 aliphatic carbocycles. The molecular weight excluding hydrogens is 283 g/mol. The molecule has 0 aromatic heterocycles. The third kappa shape index (κ3) is 5.32. The van der Waals surface area contributed by atoms with E-state index in [2.05, 4.69) is 45.0 Å². The van der Waals surface area contributed by atoms with Crippen molar-refractivity contribution in [2.24, 2.45) is 0 Å². The van der Waals surface area contributed by atoms with Gasteiger partial charge in [0.2, 0.25) is 0 Å². The summed E-state index contributed by atoms with van der Waals surface area (Å²) in [6.45, 7) is 16.4. The minimum Gasteiger partial charge on any atom is -0.488 e. The van der Waals surface area contributed by atoms with Gasteiger partial charge in [0.05, 0.1) is 30.5 Å². The average molecular weight is 309 g/mol. The van der Waals surface area contributed by atoms with E-state index in [-0.39, 0.29) is 0 Å². The third-order valence-corrected chi connectivity index (χ3v) is 20.4. The number of ether oxygens (including phenoxy) is 1. The fourth-order valence-electron chi connectivity index (χ4n) is 2.43. The summed E-state index contributed by atoms with van der Waals surface area (Å²) in [4.78, 5) is 0.647. The van der Waals surface area contributed by atoms with Gasteiger partial charge in [0, 0.05) is 0 Å². The molecule has 1 atom stereocenters. The second kappa shape index (κ2) is 6.59. The lowest BCUT2D eigenvalue weighted by molar-refractivity contribution is 0.323. The van der Waals surface area contributed by atoms with Gasteiger partial charge in [-0.05, 0) is 17.9 Å². The van der Waals surface area contributed by atoms with Crippen molar-refractivity contribution in [2.75, 3.05) is 7.11 Å². The van der Waals surface area contributed by atoms with E-state index < -0.39 is 23.4 Å². The minimum atomic E-state index is -1.29. The van der Waals surface area contributed by atoms with Gasteiger partial charge in [-0.1, -0.05) is 56.3 Å². The molecule has 100 valence electrons. The molecule has 0 radical (unpaired) electrons. The molecule has 0 fully saturated rings. The Kier molecular flexibility index (Phi) is 6.77.